The third kappa shape index (κ3) is 4.31. The topological polar surface area (TPSA) is 23.8 Å². The first-order valence-electron chi connectivity index (χ1n) is 2.16. The molecule has 1 unspecified atom stereocenters. The molecule has 0 aliphatic rings. The van der Waals surface area contributed by atoms with Crippen molar-refractivity contribution < 1.29 is 0 Å². The third-order valence-corrected chi connectivity index (χ3v) is 0.820. The molecule has 0 aliphatic carbocycles. The summed E-state index contributed by atoms with van der Waals surface area (Å²) in [6.45, 7) is 2.05. The van der Waals surface area contributed by atoms with Gasteiger partial charge in [0.05, 0.1) is 5.37 Å². The lowest BCUT2D eigenvalue weighted by Crippen LogP contribution is -1.95. The fraction of sp³-hybridized carbons (Fsp3) is 1.00. The molecule has 0 amide bonds. The summed E-state index contributed by atoms with van der Waals surface area (Å²) in [5, 5.41) is -0.157. The summed E-state index contributed by atoms with van der Waals surface area (Å²) in [6, 6.07) is 0. The van der Waals surface area contributed by atoms with Crippen molar-refractivity contribution in [2.75, 3.05) is 0 Å². The molecule has 6 heavy (non-hydrogen) atoms. The molecule has 0 heterocycles. The smallest absolute Gasteiger partial charge is 0.0637 e. The molecule has 1 atom stereocenters. The van der Waals surface area contributed by atoms with Gasteiger partial charge in [-0.25, -0.2) is 5.73 Å². The van der Waals surface area contributed by atoms with Crippen molar-refractivity contribution in [2.24, 2.45) is 0 Å². The molecule has 0 saturated heterocycles. The van der Waals surface area contributed by atoms with Gasteiger partial charge in [0.2, 0.25) is 0 Å². The molecule has 0 aromatic heterocycles. The van der Waals surface area contributed by atoms with Gasteiger partial charge >= 0.3 is 0 Å². The maximum Gasteiger partial charge on any atom is 0.0637 e. The lowest BCUT2D eigenvalue weighted by Gasteiger charge is -1.94. The standard InChI is InChI=1S/C4H10NS/c1-2-3-4(5)6/h4-6H,2-3H2,1H3. The van der Waals surface area contributed by atoms with E-state index in [-0.39, 0.29) is 5.37 Å². The summed E-state index contributed by atoms with van der Waals surface area (Å²) in [5.74, 6) is 0. The summed E-state index contributed by atoms with van der Waals surface area (Å²) < 4.78 is 0. The van der Waals surface area contributed by atoms with Crippen LogP contribution >= 0.6 is 12.6 Å². The van der Waals surface area contributed by atoms with E-state index in [9.17, 15) is 0 Å². The number of hydrogen-bond donors (Lipinski definition) is 1. The number of hydrogen-bond acceptors (Lipinski definition) is 1. The van der Waals surface area contributed by atoms with Crippen LogP contribution in [0.15, 0.2) is 0 Å². The van der Waals surface area contributed by atoms with Crippen molar-refractivity contribution in [3.63, 3.8) is 0 Å². The molecular formula is C4H10NS. The number of nitrogens with one attached hydrogen (secondary N) is 1. The molecule has 0 fully saturated rings. The largest absolute Gasteiger partial charge is 0.244 e. The van der Waals surface area contributed by atoms with Crippen LogP contribution in [0.3, 0.4) is 0 Å². The molecule has 0 spiro atoms. The monoisotopic (exact) mass is 104 g/mol. The van der Waals surface area contributed by atoms with Gasteiger partial charge in [0.1, 0.15) is 0 Å². The van der Waals surface area contributed by atoms with Crippen LogP contribution in [-0.4, -0.2) is 5.37 Å². The van der Waals surface area contributed by atoms with Crippen molar-refractivity contribution in [1.29, 1.82) is 0 Å². The van der Waals surface area contributed by atoms with Crippen LogP contribution in [-0.2, 0) is 0 Å². The second kappa shape index (κ2) is 3.50. The maximum atomic E-state index is 6.84. The Labute approximate surface area is 44.3 Å². The van der Waals surface area contributed by atoms with Crippen LogP contribution in [0.1, 0.15) is 19.8 Å². The highest BCUT2D eigenvalue weighted by Gasteiger charge is 1.87. The van der Waals surface area contributed by atoms with E-state index >= 15 is 0 Å². The normalized spacial score (nSPS) is 14.5. The molecule has 1 nitrogen and oxygen atoms in total. The highest BCUT2D eigenvalue weighted by molar-refractivity contribution is 7.80. The van der Waals surface area contributed by atoms with E-state index in [1.807, 2.05) is 0 Å². The predicted molar refractivity (Wildman–Crippen MR) is 30.8 cm³/mol. The van der Waals surface area contributed by atoms with E-state index in [0.29, 0.717) is 0 Å². The zero-order valence-electron chi connectivity index (χ0n) is 3.94. The van der Waals surface area contributed by atoms with E-state index in [1.54, 1.807) is 0 Å². The molecule has 1 N–H and O–H groups in total. The van der Waals surface area contributed by atoms with Crippen LogP contribution in [0.2, 0.25) is 0 Å². The van der Waals surface area contributed by atoms with Crippen LogP contribution in [0, 0.1) is 0 Å². The Balaban J connectivity index is 2.63. The van der Waals surface area contributed by atoms with Crippen LogP contribution in [0.25, 0.3) is 0 Å². The van der Waals surface area contributed by atoms with Gasteiger partial charge in [-0.3, -0.25) is 0 Å². The molecule has 0 saturated carbocycles. The predicted octanol–water partition coefficient (Wildman–Crippen LogP) is 1.33. The molecule has 0 rings (SSSR count). The van der Waals surface area contributed by atoms with E-state index in [4.69, 9.17) is 5.73 Å². The average molecular weight is 104 g/mol. The van der Waals surface area contributed by atoms with Gasteiger partial charge in [0.15, 0.2) is 0 Å². The summed E-state index contributed by atoms with van der Waals surface area (Å²) in [5.41, 5.74) is 6.84. The van der Waals surface area contributed by atoms with Crippen LogP contribution in [0.5, 0.6) is 0 Å². The fourth-order valence-electron chi connectivity index (χ4n) is 0.273. The van der Waals surface area contributed by atoms with Gasteiger partial charge in [-0.1, -0.05) is 13.3 Å². The SMILES string of the molecule is CCCC([NH])S. The van der Waals surface area contributed by atoms with Crippen LogP contribution < -0.4 is 5.73 Å². The van der Waals surface area contributed by atoms with Gasteiger partial charge < -0.3 is 0 Å². The van der Waals surface area contributed by atoms with Gasteiger partial charge in [-0.2, -0.15) is 12.6 Å². The van der Waals surface area contributed by atoms with Gasteiger partial charge in [-0.05, 0) is 6.42 Å². The third-order valence-electron chi connectivity index (χ3n) is 0.562. The first kappa shape index (κ1) is 6.31. The molecular weight excluding hydrogens is 94.1 g/mol. The first-order chi connectivity index (χ1) is 2.77. The second-order valence-corrected chi connectivity index (χ2v) is 1.93. The van der Waals surface area contributed by atoms with Crippen LogP contribution in [0.4, 0.5) is 0 Å². The fourth-order valence-corrected chi connectivity index (χ4v) is 0.532. The number of rotatable bonds is 2. The minimum absolute atomic E-state index is 0.157. The molecule has 0 aliphatic heterocycles. The van der Waals surface area contributed by atoms with Gasteiger partial charge in [-0.15, -0.1) is 0 Å². The minimum atomic E-state index is -0.157. The van der Waals surface area contributed by atoms with E-state index in [1.165, 1.54) is 0 Å². The summed E-state index contributed by atoms with van der Waals surface area (Å²) in [6.07, 6.45) is 1.97. The number of thiol groups is 1. The molecule has 1 radical (unpaired) electrons. The van der Waals surface area contributed by atoms with E-state index in [0.717, 1.165) is 12.8 Å². The lowest BCUT2D eigenvalue weighted by molar-refractivity contribution is 0.753. The van der Waals surface area contributed by atoms with Crippen molar-refractivity contribution >= 4 is 12.6 Å². The quantitative estimate of drug-likeness (QED) is 0.511. The molecule has 2 heteroatoms. The Morgan fingerprint density at radius 1 is 1.83 bits per heavy atom. The molecule has 37 valence electrons. The highest BCUT2D eigenvalue weighted by atomic mass is 32.1. The van der Waals surface area contributed by atoms with Gasteiger partial charge in [0.25, 0.3) is 0 Å². The average Bonchev–Trinajstić information content (AvgIpc) is 1.35. The van der Waals surface area contributed by atoms with E-state index < -0.39 is 0 Å². The highest BCUT2D eigenvalue weighted by Crippen LogP contribution is 1.96. The van der Waals surface area contributed by atoms with Crippen molar-refractivity contribution in [1.82, 2.24) is 5.73 Å². The van der Waals surface area contributed by atoms with Crippen molar-refractivity contribution in [3.05, 3.63) is 0 Å². The first-order valence-corrected chi connectivity index (χ1v) is 2.68. The zero-order valence-corrected chi connectivity index (χ0v) is 4.83. The Hall–Kier alpha value is 0.310. The molecule has 0 aromatic carbocycles. The summed E-state index contributed by atoms with van der Waals surface area (Å²) in [7, 11) is 0. The summed E-state index contributed by atoms with van der Waals surface area (Å²) in [4.78, 5) is 0. The Kier molecular flexibility index (Phi) is 3.68. The van der Waals surface area contributed by atoms with Crippen molar-refractivity contribution in [3.8, 4) is 0 Å². The Morgan fingerprint density at radius 3 is 2.33 bits per heavy atom. The van der Waals surface area contributed by atoms with Gasteiger partial charge in [0, 0.05) is 0 Å². The van der Waals surface area contributed by atoms with E-state index in [2.05, 4.69) is 19.6 Å². The zero-order chi connectivity index (χ0) is 4.99. The molecule has 0 bridgehead atoms. The Bertz CT molecular complexity index is 28.7. The summed E-state index contributed by atoms with van der Waals surface area (Å²) >= 11 is 3.84. The maximum absolute atomic E-state index is 6.84. The Morgan fingerprint density at radius 2 is 2.33 bits per heavy atom. The van der Waals surface area contributed by atoms with Crippen molar-refractivity contribution in [2.45, 2.75) is 25.1 Å². The lowest BCUT2D eigenvalue weighted by atomic mass is 10.3. The molecule has 0 aromatic rings. The minimum Gasteiger partial charge on any atom is -0.244 e. The second-order valence-electron chi connectivity index (χ2n) is 1.30.